The highest BCUT2D eigenvalue weighted by atomic mass is 35.5. The molecule has 1 fully saturated rings. The largest absolute Gasteiger partial charge is 0.330 e. The van der Waals surface area contributed by atoms with E-state index in [1.165, 1.54) is 12.8 Å². The summed E-state index contributed by atoms with van der Waals surface area (Å²) in [6.07, 6.45) is 3.19. The van der Waals surface area contributed by atoms with Crippen LogP contribution in [0.25, 0.3) is 0 Å². The summed E-state index contributed by atoms with van der Waals surface area (Å²) in [6.45, 7) is 0.698. The first-order chi connectivity index (χ1) is 6.65. The molecule has 1 heterocycles. The van der Waals surface area contributed by atoms with Crippen LogP contribution in [0.1, 0.15) is 18.4 Å². The Morgan fingerprint density at radius 3 is 2.64 bits per heavy atom. The predicted molar refractivity (Wildman–Crippen MR) is 56.5 cm³/mol. The molecular formula is C9H11Cl2N3. The Bertz CT molecular complexity index is 350. The lowest BCUT2D eigenvalue weighted by atomic mass is 9.98. The maximum absolute atomic E-state index is 5.91. The van der Waals surface area contributed by atoms with Gasteiger partial charge in [0.25, 0.3) is 0 Å². The van der Waals surface area contributed by atoms with E-state index in [1.807, 2.05) is 0 Å². The van der Waals surface area contributed by atoms with Crippen LogP contribution in [0.15, 0.2) is 6.07 Å². The molecule has 0 radical (unpaired) electrons. The third-order valence-corrected chi connectivity index (χ3v) is 3.25. The van der Waals surface area contributed by atoms with E-state index >= 15 is 0 Å². The first-order valence-corrected chi connectivity index (χ1v) is 5.28. The van der Waals surface area contributed by atoms with Gasteiger partial charge in [-0.1, -0.05) is 23.2 Å². The Hall–Kier alpha value is -0.380. The van der Waals surface area contributed by atoms with Gasteiger partial charge in [0.05, 0.1) is 0 Å². The Kier molecular flexibility index (Phi) is 2.64. The van der Waals surface area contributed by atoms with Gasteiger partial charge in [-0.25, -0.2) is 0 Å². The first-order valence-electron chi connectivity index (χ1n) is 4.53. The molecule has 3 nitrogen and oxygen atoms in total. The van der Waals surface area contributed by atoms with Gasteiger partial charge in [-0.15, -0.1) is 10.2 Å². The van der Waals surface area contributed by atoms with Crippen LogP contribution < -0.4 is 5.73 Å². The van der Waals surface area contributed by atoms with Gasteiger partial charge in [-0.05, 0) is 42.9 Å². The zero-order chi connectivity index (χ0) is 10.2. The highest BCUT2D eigenvalue weighted by molar-refractivity contribution is 6.31. The van der Waals surface area contributed by atoms with Gasteiger partial charge in [0, 0.05) is 0 Å². The lowest BCUT2D eigenvalue weighted by molar-refractivity contribution is 0.519. The molecule has 1 aromatic heterocycles. The number of aromatic nitrogens is 2. The van der Waals surface area contributed by atoms with Gasteiger partial charge in [-0.3, -0.25) is 0 Å². The molecule has 5 heteroatoms. The van der Waals surface area contributed by atoms with Crippen molar-refractivity contribution in [1.29, 1.82) is 0 Å². The minimum atomic E-state index is 0.246. The van der Waals surface area contributed by atoms with E-state index < -0.39 is 0 Å². The van der Waals surface area contributed by atoms with E-state index in [0.717, 1.165) is 12.0 Å². The number of hydrogen-bond acceptors (Lipinski definition) is 3. The number of rotatable bonds is 3. The molecule has 0 aliphatic heterocycles. The smallest absolute Gasteiger partial charge is 0.155 e. The molecule has 2 rings (SSSR count). The van der Waals surface area contributed by atoms with Gasteiger partial charge < -0.3 is 5.73 Å². The van der Waals surface area contributed by atoms with Crippen LogP contribution in [0.4, 0.5) is 0 Å². The number of nitrogens with zero attached hydrogens (tertiary/aromatic N) is 2. The normalized spacial score (nSPS) is 18.2. The standard InChI is InChI=1S/C9H11Cl2N3/c10-7-3-6(8(11)14-13-7)4-9(5-12)1-2-9/h3H,1-2,4-5,12H2. The predicted octanol–water partition coefficient (Wildman–Crippen LogP) is 2.06. The molecule has 1 aromatic rings. The molecule has 0 atom stereocenters. The third-order valence-electron chi connectivity index (χ3n) is 2.75. The average molecular weight is 232 g/mol. The second kappa shape index (κ2) is 3.65. The van der Waals surface area contributed by atoms with Gasteiger partial charge >= 0.3 is 0 Å². The van der Waals surface area contributed by atoms with Crippen molar-refractivity contribution in [1.82, 2.24) is 10.2 Å². The summed E-state index contributed by atoms with van der Waals surface area (Å²) in [7, 11) is 0. The van der Waals surface area contributed by atoms with Crippen molar-refractivity contribution in [3.05, 3.63) is 21.9 Å². The second-order valence-electron chi connectivity index (χ2n) is 3.86. The van der Waals surface area contributed by atoms with Crippen LogP contribution in [0, 0.1) is 5.41 Å². The minimum absolute atomic E-state index is 0.246. The van der Waals surface area contributed by atoms with E-state index in [9.17, 15) is 0 Å². The molecule has 0 bridgehead atoms. The summed E-state index contributed by atoms with van der Waals surface area (Å²) in [6, 6.07) is 1.77. The topological polar surface area (TPSA) is 51.8 Å². The van der Waals surface area contributed by atoms with Crippen LogP contribution in [-0.4, -0.2) is 16.7 Å². The molecule has 0 unspecified atom stereocenters. The lowest BCUT2D eigenvalue weighted by Gasteiger charge is -2.12. The summed E-state index contributed by atoms with van der Waals surface area (Å²) in [5, 5.41) is 8.26. The Morgan fingerprint density at radius 2 is 2.07 bits per heavy atom. The van der Waals surface area contributed by atoms with Crippen molar-refractivity contribution >= 4 is 23.2 Å². The van der Waals surface area contributed by atoms with Crippen LogP contribution in [0.2, 0.25) is 10.3 Å². The fraction of sp³-hybridized carbons (Fsp3) is 0.556. The van der Waals surface area contributed by atoms with Crippen LogP contribution in [0.3, 0.4) is 0 Å². The van der Waals surface area contributed by atoms with Gasteiger partial charge in [0.15, 0.2) is 10.3 Å². The van der Waals surface area contributed by atoms with E-state index in [2.05, 4.69) is 10.2 Å². The van der Waals surface area contributed by atoms with Crippen LogP contribution in [-0.2, 0) is 6.42 Å². The minimum Gasteiger partial charge on any atom is -0.330 e. The molecule has 76 valence electrons. The zero-order valence-electron chi connectivity index (χ0n) is 7.63. The van der Waals surface area contributed by atoms with Crippen molar-refractivity contribution in [3.63, 3.8) is 0 Å². The molecule has 14 heavy (non-hydrogen) atoms. The van der Waals surface area contributed by atoms with E-state index in [-0.39, 0.29) is 5.41 Å². The Balaban J connectivity index is 2.20. The van der Waals surface area contributed by atoms with Gasteiger partial charge in [0.1, 0.15) is 0 Å². The summed E-state index contributed by atoms with van der Waals surface area (Å²) in [4.78, 5) is 0. The van der Waals surface area contributed by atoms with Crippen LogP contribution in [0.5, 0.6) is 0 Å². The quantitative estimate of drug-likeness (QED) is 0.867. The number of hydrogen-bond donors (Lipinski definition) is 1. The van der Waals surface area contributed by atoms with Crippen molar-refractivity contribution < 1.29 is 0 Å². The maximum Gasteiger partial charge on any atom is 0.155 e. The fourth-order valence-electron chi connectivity index (χ4n) is 1.55. The molecule has 1 saturated carbocycles. The maximum atomic E-state index is 5.91. The zero-order valence-corrected chi connectivity index (χ0v) is 9.15. The second-order valence-corrected chi connectivity index (χ2v) is 4.61. The summed E-state index contributed by atoms with van der Waals surface area (Å²) in [5.41, 5.74) is 6.89. The van der Waals surface area contributed by atoms with Crippen molar-refractivity contribution in [2.45, 2.75) is 19.3 Å². The highest BCUT2D eigenvalue weighted by Crippen LogP contribution is 2.47. The van der Waals surface area contributed by atoms with E-state index in [4.69, 9.17) is 28.9 Å². The third kappa shape index (κ3) is 2.00. The summed E-state index contributed by atoms with van der Waals surface area (Å²) >= 11 is 11.7. The highest BCUT2D eigenvalue weighted by Gasteiger charge is 2.41. The van der Waals surface area contributed by atoms with E-state index in [1.54, 1.807) is 6.07 Å². The molecule has 1 aliphatic rings. The van der Waals surface area contributed by atoms with Gasteiger partial charge in [-0.2, -0.15) is 0 Å². The Morgan fingerprint density at radius 1 is 1.36 bits per heavy atom. The average Bonchev–Trinajstić information content (AvgIpc) is 2.92. The molecule has 2 N–H and O–H groups in total. The lowest BCUT2D eigenvalue weighted by Crippen LogP contribution is -2.18. The number of nitrogens with two attached hydrogens (primary N) is 1. The van der Waals surface area contributed by atoms with Crippen molar-refractivity contribution in [3.8, 4) is 0 Å². The van der Waals surface area contributed by atoms with Crippen LogP contribution >= 0.6 is 23.2 Å². The Labute approximate surface area is 92.6 Å². The molecule has 1 aliphatic carbocycles. The van der Waals surface area contributed by atoms with Crippen molar-refractivity contribution in [2.75, 3.05) is 6.54 Å². The molecule has 0 spiro atoms. The molecular weight excluding hydrogens is 221 g/mol. The summed E-state index contributed by atoms with van der Waals surface area (Å²) < 4.78 is 0. The van der Waals surface area contributed by atoms with Crippen molar-refractivity contribution in [2.24, 2.45) is 11.1 Å². The van der Waals surface area contributed by atoms with Gasteiger partial charge in [0.2, 0.25) is 0 Å². The molecule has 0 saturated heterocycles. The molecule has 0 aromatic carbocycles. The first kappa shape index (κ1) is 10.1. The fourth-order valence-corrected chi connectivity index (χ4v) is 1.87. The molecule has 0 amide bonds. The SMILES string of the molecule is NCC1(Cc2cc(Cl)nnc2Cl)CC1. The van der Waals surface area contributed by atoms with E-state index in [0.29, 0.717) is 16.9 Å². The summed E-state index contributed by atoms with van der Waals surface area (Å²) in [5.74, 6) is 0. The monoisotopic (exact) mass is 231 g/mol. The number of halogens is 2.